The predicted octanol–water partition coefficient (Wildman–Crippen LogP) is 0.942. The highest BCUT2D eigenvalue weighted by molar-refractivity contribution is 6.08. The average Bonchev–Trinajstić information content (AvgIpc) is 3.51. The van der Waals surface area contributed by atoms with Gasteiger partial charge in [0.15, 0.2) is 5.78 Å². The molecule has 1 aromatic carbocycles. The molecule has 0 amide bonds. The number of aliphatic hydroxyl groups excluding tert-OH is 3. The summed E-state index contributed by atoms with van der Waals surface area (Å²) in [5.41, 5.74) is 0.780. The Morgan fingerprint density at radius 2 is 1.81 bits per heavy atom. The summed E-state index contributed by atoms with van der Waals surface area (Å²) < 4.78 is 11.3. The molecule has 0 unspecified atom stereocenters. The number of aliphatic hydroxyl groups is 3. The van der Waals surface area contributed by atoms with Crippen molar-refractivity contribution < 1.29 is 39.2 Å². The van der Waals surface area contributed by atoms with E-state index in [2.05, 4.69) is 0 Å². The summed E-state index contributed by atoms with van der Waals surface area (Å²) >= 11 is 0. The van der Waals surface area contributed by atoms with E-state index in [4.69, 9.17) is 9.47 Å². The molecule has 2 heterocycles. The lowest BCUT2D eigenvalue weighted by atomic mass is 9.85. The zero-order chi connectivity index (χ0) is 22.7. The maximum absolute atomic E-state index is 12.4. The number of rotatable bonds is 10. The van der Waals surface area contributed by atoms with Gasteiger partial charge in [-0.2, -0.15) is 0 Å². The fraction of sp³-hybridized carbons (Fsp3) is 0.609. The molecule has 0 saturated carbocycles. The largest absolute Gasteiger partial charge is 0.393 e. The lowest BCUT2D eigenvalue weighted by Crippen LogP contribution is -2.51. The number of Topliss-reactive ketones (excluding diaryl/α,β-unsaturated/α-hetero) is 2. The minimum absolute atomic E-state index is 0.0341. The first-order valence-corrected chi connectivity index (χ1v) is 10.6. The summed E-state index contributed by atoms with van der Waals surface area (Å²) in [6.45, 7) is 3.69. The third kappa shape index (κ3) is 5.84. The van der Waals surface area contributed by atoms with Gasteiger partial charge >= 0.3 is 0 Å². The molecule has 3 N–H and O–H groups in total. The van der Waals surface area contributed by atoms with Gasteiger partial charge < -0.3 is 24.8 Å². The number of aldehydes is 1. The van der Waals surface area contributed by atoms with Gasteiger partial charge in [0.05, 0.1) is 43.5 Å². The predicted molar refractivity (Wildman–Crippen MR) is 110 cm³/mol. The van der Waals surface area contributed by atoms with E-state index in [0.29, 0.717) is 23.8 Å². The van der Waals surface area contributed by atoms with E-state index in [1.807, 2.05) is 6.92 Å². The van der Waals surface area contributed by atoms with E-state index in [9.17, 15) is 29.7 Å². The Morgan fingerprint density at radius 3 is 2.42 bits per heavy atom. The van der Waals surface area contributed by atoms with Crippen LogP contribution in [0.1, 0.15) is 53.8 Å². The molecule has 31 heavy (non-hydrogen) atoms. The van der Waals surface area contributed by atoms with E-state index >= 15 is 0 Å². The van der Waals surface area contributed by atoms with Crippen LogP contribution >= 0.6 is 0 Å². The van der Waals surface area contributed by atoms with Gasteiger partial charge in [-0.05, 0) is 6.92 Å². The van der Waals surface area contributed by atoms with Crippen LogP contribution in [0.15, 0.2) is 24.3 Å². The van der Waals surface area contributed by atoms with Crippen LogP contribution < -0.4 is 0 Å². The summed E-state index contributed by atoms with van der Waals surface area (Å²) in [5, 5.41) is 30.6. The van der Waals surface area contributed by atoms with Gasteiger partial charge in [0.2, 0.25) is 0 Å². The molecular weight excluding hydrogens is 404 g/mol. The zero-order valence-electron chi connectivity index (χ0n) is 17.7. The highest BCUT2D eigenvalue weighted by Crippen LogP contribution is 2.37. The van der Waals surface area contributed by atoms with Crippen LogP contribution in [0.2, 0.25) is 0 Å². The third-order valence-electron chi connectivity index (χ3n) is 6.32. The monoisotopic (exact) mass is 434 g/mol. The van der Waals surface area contributed by atoms with Gasteiger partial charge in [0.1, 0.15) is 18.2 Å². The molecule has 1 aromatic rings. The number of ether oxygens (including phenoxy) is 2. The summed E-state index contributed by atoms with van der Waals surface area (Å²) in [7, 11) is 0. The normalized spacial score (nSPS) is 32.2. The van der Waals surface area contributed by atoms with Crippen LogP contribution in [0.5, 0.6) is 0 Å². The van der Waals surface area contributed by atoms with Crippen LogP contribution in [0, 0.1) is 11.8 Å². The number of benzene rings is 1. The highest BCUT2D eigenvalue weighted by Gasteiger charge is 2.48. The Balaban J connectivity index is 1.47. The molecule has 2 saturated heterocycles. The van der Waals surface area contributed by atoms with Crippen molar-refractivity contribution in [2.24, 2.45) is 11.8 Å². The summed E-state index contributed by atoms with van der Waals surface area (Å²) in [5.74, 6) is -1.35. The van der Waals surface area contributed by atoms with E-state index < -0.39 is 30.3 Å². The molecule has 8 nitrogen and oxygen atoms in total. The van der Waals surface area contributed by atoms with Crippen molar-refractivity contribution in [3.8, 4) is 0 Å². The number of ketones is 2. The summed E-state index contributed by atoms with van der Waals surface area (Å²) in [6.07, 6.45) is -2.99. The summed E-state index contributed by atoms with van der Waals surface area (Å²) in [4.78, 5) is 35.3. The first kappa shape index (κ1) is 23.7. The Kier molecular flexibility index (Phi) is 7.72. The first-order valence-electron chi connectivity index (χ1n) is 10.6. The first-order chi connectivity index (χ1) is 14.7. The third-order valence-corrected chi connectivity index (χ3v) is 6.32. The molecule has 0 aliphatic carbocycles. The SMILES string of the molecule is C[C@H]([C@@H]1O[C@H]1C[C@@H]1OC[C@H](CC(=O)CC(=O)c2ccc(C=O)cc2)[C@@H](O)[C@H]1O)[C@H](C)O. The zero-order valence-corrected chi connectivity index (χ0v) is 17.7. The number of carbonyl (C=O) groups excluding carboxylic acids is 3. The highest BCUT2D eigenvalue weighted by atomic mass is 16.6. The Hall–Kier alpha value is -1.97. The van der Waals surface area contributed by atoms with Crippen LogP contribution in [0.3, 0.4) is 0 Å². The molecule has 0 bridgehead atoms. The van der Waals surface area contributed by atoms with Crippen molar-refractivity contribution in [3.05, 3.63) is 35.4 Å². The van der Waals surface area contributed by atoms with Gasteiger partial charge in [-0.1, -0.05) is 31.2 Å². The maximum Gasteiger partial charge on any atom is 0.170 e. The maximum atomic E-state index is 12.4. The van der Waals surface area contributed by atoms with Gasteiger partial charge in [0, 0.05) is 35.8 Å². The van der Waals surface area contributed by atoms with E-state index in [1.54, 1.807) is 6.92 Å². The molecule has 170 valence electrons. The fourth-order valence-corrected chi connectivity index (χ4v) is 4.04. The number of hydrogen-bond acceptors (Lipinski definition) is 8. The lowest BCUT2D eigenvalue weighted by Gasteiger charge is -2.37. The molecule has 2 aliphatic heterocycles. The fourth-order valence-electron chi connectivity index (χ4n) is 4.04. The molecule has 3 rings (SSSR count). The van der Waals surface area contributed by atoms with E-state index in [-0.39, 0.29) is 49.1 Å². The minimum Gasteiger partial charge on any atom is -0.393 e. The van der Waals surface area contributed by atoms with Crippen molar-refractivity contribution in [2.75, 3.05) is 6.61 Å². The molecule has 8 atom stereocenters. The van der Waals surface area contributed by atoms with E-state index in [1.165, 1.54) is 24.3 Å². The topological polar surface area (TPSA) is 134 Å². The standard InChI is InChI=1S/C23H30O8/c1-12(13(2)25)23-20(31-23)9-19-22(29)21(28)16(11-30-19)7-17(26)8-18(27)15-5-3-14(10-24)4-6-15/h3-6,10,12-13,16,19-23,25,28-29H,7-9,11H2,1-2H3/t12-,13-,16-,19-,20-,21+,22-,23-/m0/s1. The van der Waals surface area contributed by atoms with Crippen molar-refractivity contribution in [1.29, 1.82) is 0 Å². The second-order valence-corrected chi connectivity index (χ2v) is 8.67. The minimum atomic E-state index is -1.16. The molecular formula is C23H30O8. The number of hydrogen-bond donors (Lipinski definition) is 3. The molecule has 0 radical (unpaired) electrons. The second kappa shape index (κ2) is 10.1. The Bertz CT molecular complexity index is 789. The molecule has 2 aliphatic rings. The van der Waals surface area contributed by atoms with Crippen molar-refractivity contribution in [1.82, 2.24) is 0 Å². The molecule has 2 fully saturated rings. The van der Waals surface area contributed by atoms with Crippen molar-refractivity contribution in [3.63, 3.8) is 0 Å². The molecule has 0 aromatic heterocycles. The second-order valence-electron chi connectivity index (χ2n) is 8.67. The average molecular weight is 434 g/mol. The molecule has 8 heteroatoms. The van der Waals surface area contributed by atoms with Crippen molar-refractivity contribution in [2.45, 2.75) is 69.7 Å². The number of epoxide rings is 1. The quantitative estimate of drug-likeness (QED) is 0.214. The smallest absolute Gasteiger partial charge is 0.170 e. The molecule has 0 spiro atoms. The van der Waals surface area contributed by atoms with Crippen LogP contribution in [-0.2, 0) is 14.3 Å². The van der Waals surface area contributed by atoms with Gasteiger partial charge in [-0.15, -0.1) is 0 Å². The number of carbonyl (C=O) groups is 3. The Morgan fingerprint density at radius 1 is 1.13 bits per heavy atom. The van der Waals surface area contributed by atoms with Crippen molar-refractivity contribution >= 4 is 17.9 Å². The summed E-state index contributed by atoms with van der Waals surface area (Å²) in [6, 6.07) is 6.02. The van der Waals surface area contributed by atoms with Gasteiger partial charge in [-0.25, -0.2) is 0 Å². The van der Waals surface area contributed by atoms with Gasteiger partial charge in [0.25, 0.3) is 0 Å². The lowest BCUT2D eigenvalue weighted by molar-refractivity contribution is -0.170. The van der Waals surface area contributed by atoms with Crippen LogP contribution in [-0.4, -0.2) is 76.4 Å². The van der Waals surface area contributed by atoms with Gasteiger partial charge in [-0.3, -0.25) is 14.4 Å². The Labute approximate surface area is 181 Å². The van der Waals surface area contributed by atoms with Crippen LogP contribution in [0.4, 0.5) is 0 Å². The van der Waals surface area contributed by atoms with E-state index in [0.717, 1.165) is 0 Å². The van der Waals surface area contributed by atoms with Crippen LogP contribution in [0.25, 0.3) is 0 Å².